The Balaban J connectivity index is 1.87. The molecule has 0 saturated heterocycles. The summed E-state index contributed by atoms with van der Waals surface area (Å²) in [5, 5.41) is 14.6. The van der Waals surface area contributed by atoms with Crippen LogP contribution >= 0.6 is 0 Å². The zero-order valence-corrected chi connectivity index (χ0v) is 20.1. The number of furan rings is 1. The van der Waals surface area contributed by atoms with Crippen LogP contribution in [0.1, 0.15) is 0 Å². The average molecular weight is 471 g/mol. The standard InChI is InChI=1S/C36H22O/c1-2-13-25-23(11-1)24-12-3-4-14-26(24)28-16-7-8-18-30(28)35-31(29-17-6-5-15-27(25)29)21-22-34-36(35)32-19-9-10-20-33(32)37-34/h1-22H. The van der Waals surface area contributed by atoms with Crippen LogP contribution in [0.2, 0.25) is 0 Å². The Hall–Kier alpha value is -4.88. The molecule has 7 aromatic carbocycles. The van der Waals surface area contributed by atoms with E-state index in [4.69, 9.17) is 4.42 Å². The molecule has 0 aliphatic rings. The van der Waals surface area contributed by atoms with E-state index in [0.29, 0.717) is 0 Å². The van der Waals surface area contributed by atoms with Crippen molar-refractivity contribution >= 4 is 75.8 Å². The van der Waals surface area contributed by atoms with Gasteiger partial charge in [-0.15, -0.1) is 0 Å². The maximum Gasteiger partial charge on any atom is 0.136 e. The molecule has 1 heterocycles. The van der Waals surface area contributed by atoms with E-state index in [2.05, 4.69) is 127 Å². The summed E-state index contributed by atoms with van der Waals surface area (Å²) in [6, 6.07) is 48.0. The van der Waals surface area contributed by atoms with Gasteiger partial charge in [0.2, 0.25) is 0 Å². The summed E-state index contributed by atoms with van der Waals surface area (Å²) >= 11 is 0. The van der Waals surface area contributed by atoms with Crippen LogP contribution in [-0.2, 0) is 0 Å². The van der Waals surface area contributed by atoms with Gasteiger partial charge in [-0.25, -0.2) is 0 Å². The van der Waals surface area contributed by atoms with E-state index >= 15 is 0 Å². The summed E-state index contributed by atoms with van der Waals surface area (Å²) < 4.78 is 6.38. The first-order valence-electron chi connectivity index (χ1n) is 12.7. The molecule has 0 atom stereocenters. The highest BCUT2D eigenvalue weighted by Crippen LogP contribution is 2.41. The van der Waals surface area contributed by atoms with E-state index in [9.17, 15) is 0 Å². The van der Waals surface area contributed by atoms with Crippen LogP contribution in [0.25, 0.3) is 75.8 Å². The van der Waals surface area contributed by atoms with Crippen LogP contribution in [-0.4, -0.2) is 0 Å². The van der Waals surface area contributed by atoms with Crippen LogP contribution in [0.4, 0.5) is 0 Å². The van der Waals surface area contributed by atoms with Gasteiger partial charge < -0.3 is 4.42 Å². The van der Waals surface area contributed by atoms with E-state index in [1.165, 1.54) is 59.2 Å². The summed E-state index contributed by atoms with van der Waals surface area (Å²) in [6.07, 6.45) is 0. The number of fused-ring (bicyclic) bond motifs is 14. The Labute approximate surface area is 213 Å². The van der Waals surface area contributed by atoms with Crippen molar-refractivity contribution in [1.29, 1.82) is 0 Å². The van der Waals surface area contributed by atoms with Gasteiger partial charge in [0.05, 0.1) is 0 Å². The van der Waals surface area contributed by atoms with Gasteiger partial charge in [0.25, 0.3) is 0 Å². The third-order valence-corrected chi connectivity index (χ3v) is 7.68. The fraction of sp³-hybridized carbons (Fsp3) is 0. The fourth-order valence-corrected chi connectivity index (χ4v) is 6.12. The maximum atomic E-state index is 6.38. The summed E-state index contributed by atoms with van der Waals surface area (Å²) in [4.78, 5) is 0. The van der Waals surface area contributed by atoms with Gasteiger partial charge in [-0.1, -0.05) is 115 Å². The van der Waals surface area contributed by atoms with E-state index in [-0.39, 0.29) is 0 Å². The van der Waals surface area contributed by atoms with E-state index in [1.807, 2.05) is 6.07 Å². The van der Waals surface area contributed by atoms with Gasteiger partial charge in [0.15, 0.2) is 0 Å². The molecule has 0 saturated carbocycles. The summed E-state index contributed by atoms with van der Waals surface area (Å²) in [6.45, 7) is 0. The lowest BCUT2D eigenvalue weighted by Gasteiger charge is -2.10. The van der Waals surface area contributed by atoms with Crippen molar-refractivity contribution in [2.24, 2.45) is 0 Å². The van der Waals surface area contributed by atoms with Crippen LogP contribution in [0.3, 0.4) is 0 Å². The molecule has 0 fully saturated rings. The highest BCUT2D eigenvalue weighted by atomic mass is 16.3. The minimum absolute atomic E-state index is 0.915. The molecule has 37 heavy (non-hydrogen) atoms. The number of para-hydroxylation sites is 1. The van der Waals surface area contributed by atoms with Crippen molar-refractivity contribution in [3.8, 4) is 0 Å². The Morgan fingerprint density at radius 3 is 1.08 bits per heavy atom. The van der Waals surface area contributed by atoms with Crippen molar-refractivity contribution in [3.05, 3.63) is 133 Å². The largest absolute Gasteiger partial charge is 0.456 e. The van der Waals surface area contributed by atoms with Crippen molar-refractivity contribution in [1.82, 2.24) is 0 Å². The van der Waals surface area contributed by atoms with Gasteiger partial charge in [-0.3, -0.25) is 0 Å². The monoisotopic (exact) mass is 470 g/mol. The van der Waals surface area contributed by atoms with Gasteiger partial charge >= 0.3 is 0 Å². The topological polar surface area (TPSA) is 13.1 Å². The molecule has 1 nitrogen and oxygen atoms in total. The van der Waals surface area contributed by atoms with Gasteiger partial charge in [-0.2, -0.15) is 0 Å². The van der Waals surface area contributed by atoms with Gasteiger partial charge in [-0.05, 0) is 66.7 Å². The summed E-state index contributed by atoms with van der Waals surface area (Å²) in [5.74, 6) is 0. The first kappa shape index (κ1) is 20.3. The molecule has 0 spiro atoms. The molecule has 0 N–H and O–H groups in total. The molecule has 172 valence electrons. The smallest absolute Gasteiger partial charge is 0.136 e. The lowest BCUT2D eigenvalue weighted by molar-refractivity contribution is 0.669. The Morgan fingerprint density at radius 2 is 0.595 bits per heavy atom. The zero-order chi connectivity index (χ0) is 24.3. The predicted octanol–water partition coefficient (Wildman–Crippen LogP) is 10.5. The lowest BCUT2D eigenvalue weighted by atomic mass is 9.93. The number of hydrogen-bond acceptors (Lipinski definition) is 1. The predicted molar refractivity (Wildman–Crippen MR) is 159 cm³/mol. The summed E-state index contributed by atoms with van der Waals surface area (Å²) in [5.41, 5.74) is 1.83. The lowest BCUT2D eigenvalue weighted by Crippen LogP contribution is -1.83. The highest BCUT2D eigenvalue weighted by Gasteiger charge is 2.14. The highest BCUT2D eigenvalue weighted by molar-refractivity contribution is 6.33. The fourth-order valence-electron chi connectivity index (χ4n) is 6.12. The molecular formula is C36H22O. The molecule has 1 aromatic heterocycles. The second kappa shape index (κ2) is 7.81. The molecular weight excluding hydrogens is 448 g/mol. The molecule has 8 rings (SSSR count). The Morgan fingerprint density at radius 1 is 0.243 bits per heavy atom. The Bertz CT molecular complexity index is 2170. The first-order chi connectivity index (χ1) is 18.4. The van der Waals surface area contributed by atoms with Crippen LogP contribution in [0.5, 0.6) is 0 Å². The number of rotatable bonds is 0. The minimum Gasteiger partial charge on any atom is -0.456 e. The molecule has 0 radical (unpaired) electrons. The molecule has 0 aliphatic carbocycles. The quantitative estimate of drug-likeness (QED) is 0.215. The first-order valence-corrected chi connectivity index (χ1v) is 12.7. The normalized spacial score (nSPS) is 11.8. The van der Waals surface area contributed by atoms with E-state index < -0.39 is 0 Å². The average Bonchev–Trinajstić information content (AvgIpc) is 3.35. The number of hydrogen-bond donors (Lipinski definition) is 0. The van der Waals surface area contributed by atoms with E-state index in [0.717, 1.165) is 16.6 Å². The van der Waals surface area contributed by atoms with Gasteiger partial charge in [0, 0.05) is 16.2 Å². The van der Waals surface area contributed by atoms with Crippen LogP contribution < -0.4 is 0 Å². The molecule has 1 heteroatoms. The Kier molecular flexibility index (Phi) is 4.29. The van der Waals surface area contributed by atoms with Crippen molar-refractivity contribution in [2.75, 3.05) is 0 Å². The summed E-state index contributed by atoms with van der Waals surface area (Å²) in [7, 11) is 0. The van der Waals surface area contributed by atoms with Gasteiger partial charge in [0.1, 0.15) is 11.2 Å². The molecule has 8 aromatic rings. The van der Waals surface area contributed by atoms with Crippen LogP contribution in [0, 0.1) is 0 Å². The molecule has 0 amide bonds. The molecule has 0 bridgehead atoms. The van der Waals surface area contributed by atoms with Crippen molar-refractivity contribution in [3.63, 3.8) is 0 Å². The van der Waals surface area contributed by atoms with Crippen molar-refractivity contribution < 1.29 is 4.42 Å². The minimum atomic E-state index is 0.915. The number of benzene rings is 6. The zero-order valence-electron chi connectivity index (χ0n) is 20.1. The third-order valence-electron chi connectivity index (χ3n) is 7.68. The van der Waals surface area contributed by atoms with Crippen molar-refractivity contribution in [2.45, 2.75) is 0 Å². The second-order valence-corrected chi connectivity index (χ2v) is 9.64. The van der Waals surface area contributed by atoms with E-state index in [1.54, 1.807) is 0 Å². The third kappa shape index (κ3) is 2.92. The van der Waals surface area contributed by atoms with Crippen LogP contribution in [0.15, 0.2) is 138 Å². The molecule has 0 unspecified atom stereocenters. The molecule has 0 aliphatic heterocycles. The SMILES string of the molecule is c1ccc2c(c1)oc1ccc3c4ccccc4c4ccccc4c4ccccc4c4ccccc4c3c12. The maximum absolute atomic E-state index is 6.38. The second-order valence-electron chi connectivity index (χ2n) is 9.64.